The summed E-state index contributed by atoms with van der Waals surface area (Å²) in [6.07, 6.45) is 4.89. The largest absolute Gasteiger partial charge is 0.395 e. The van der Waals surface area contributed by atoms with Crippen molar-refractivity contribution in [1.82, 2.24) is 9.69 Å². The van der Waals surface area contributed by atoms with Gasteiger partial charge in [-0.3, -0.25) is 19.3 Å². The van der Waals surface area contributed by atoms with Gasteiger partial charge in [-0.05, 0) is 54.0 Å². The Morgan fingerprint density at radius 3 is 2.53 bits per heavy atom. The number of benzene rings is 1. The van der Waals surface area contributed by atoms with Gasteiger partial charge in [-0.15, -0.1) is 11.3 Å². The van der Waals surface area contributed by atoms with E-state index in [0.717, 1.165) is 32.1 Å². The quantitative estimate of drug-likeness (QED) is 0.452. The first-order valence-corrected chi connectivity index (χ1v) is 12.5. The molecule has 0 radical (unpaired) electrons. The van der Waals surface area contributed by atoms with Crippen molar-refractivity contribution >= 4 is 52.0 Å². The first-order valence-electron chi connectivity index (χ1n) is 10.8. The fraction of sp³-hybridized carbons (Fsp3) is 0.304. The molecule has 11 heteroatoms. The lowest BCUT2D eigenvalue weighted by molar-refractivity contribution is -0.123. The number of hydrogen-bond donors (Lipinski definition) is 3. The molecule has 8 nitrogen and oxygen atoms in total. The van der Waals surface area contributed by atoms with Gasteiger partial charge in [0.2, 0.25) is 5.91 Å². The van der Waals surface area contributed by atoms with Crippen LogP contribution in [0.2, 0.25) is 0 Å². The van der Waals surface area contributed by atoms with Gasteiger partial charge in [0.25, 0.3) is 11.8 Å². The van der Waals surface area contributed by atoms with E-state index in [1.165, 1.54) is 34.4 Å². The zero-order valence-corrected chi connectivity index (χ0v) is 19.8. The molecule has 5 N–H and O–H groups in total. The Kier molecular flexibility index (Phi) is 7.23. The summed E-state index contributed by atoms with van der Waals surface area (Å²) < 4.78 is 18.1. The summed E-state index contributed by atoms with van der Waals surface area (Å²) in [5.74, 6) is -2.48. The number of primary amides is 1. The lowest BCUT2D eigenvalue weighted by Gasteiger charge is -2.32. The number of nitrogens with two attached hydrogens (primary N) is 2. The minimum Gasteiger partial charge on any atom is -0.395 e. The van der Waals surface area contributed by atoms with Crippen LogP contribution < -0.4 is 21.7 Å². The number of rotatable bonds is 7. The van der Waals surface area contributed by atoms with Gasteiger partial charge >= 0.3 is 0 Å². The predicted octanol–water partition coefficient (Wildman–Crippen LogP) is 3.86. The lowest BCUT2D eigenvalue weighted by atomic mass is 9.95. The Balaban J connectivity index is 1.79. The average molecular weight is 502 g/mol. The minimum absolute atomic E-state index is 0.00288. The molecule has 1 aliphatic rings. The molecule has 1 aliphatic carbocycles. The van der Waals surface area contributed by atoms with Crippen LogP contribution in [0.25, 0.3) is 0 Å². The van der Waals surface area contributed by atoms with E-state index in [1.807, 2.05) is 0 Å². The average Bonchev–Trinajstić information content (AvgIpc) is 3.47. The number of thiophene rings is 1. The standard InChI is InChI=1S/C23H24FN5O3S2/c24-13-6-4-9-15(12-13)29(23(32)20-17(25)18(21(26)30)28-34-20)19(16-10-5-11-33-16)22(31)27-14-7-2-1-3-8-14/h4-6,9-12,14,19H,1-3,7-8,25H2,(H2,26,30)(H,27,31)/t19-/m1/s1. The van der Waals surface area contributed by atoms with Crippen LogP contribution in [0.15, 0.2) is 41.8 Å². The van der Waals surface area contributed by atoms with Crippen LogP contribution in [0, 0.1) is 5.82 Å². The third kappa shape index (κ3) is 4.95. The van der Waals surface area contributed by atoms with Crippen molar-refractivity contribution < 1.29 is 18.8 Å². The van der Waals surface area contributed by atoms with Gasteiger partial charge in [-0.1, -0.05) is 31.4 Å². The van der Waals surface area contributed by atoms with Crippen LogP contribution in [0.3, 0.4) is 0 Å². The van der Waals surface area contributed by atoms with Crippen molar-refractivity contribution in [2.45, 2.75) is 44.2 Å². The highest BCUT2D eigenvalue weighted by Gasteiger charge is 2.37. The summed E-state index contributed by atoms with van der Waals surface area (Å²) in [7, 11) is 0. The first kappa shape index (κ1) is 23.8. The van der Waals surface area contributed by atoms with Gasteiger partial charge in [0.15, 0.2) is 11.7 Å². The van der Waals surface area contributed by atoms with Crippen LogP contribution in [0.5, 0.6) is 0 Å². The van der Waals surface area contributed by atoms with Crippen LogP contribution in [0.4, 0.5) is 15.8 Å². The fourth-order valence-electron chi connectivity index (χ4n) is 4.10. The molecule has 2 heterocycles. The molecule has 2 aromatic heterocycles. The fourth-order valence-corrected chi connectivity index (χ4v) is 5.65. The predicted molar refractivity (Wildman–Crippen MR) is 130 cm³/mol. The molecule has 34 heavy (non-hydrogen) atoms. The second-order valence-corrected chi connectivity index (χ2v) is 9.81. The summed E-state index contributed by atoms with van der Waals surface area (Å²) in [6.45, 7) is 0. The Morgan fingerprint density at radius 1 is 1.15 bits per heavy atom. The Bertz CT molecular complexity index is 1190. The van der Waals surface area contributed by atoms with E-state index >= 15 is 0 Å². The van der Waals surface area contributed by atoms with E-state index in [0.29, 0.717) is 16.4 Å². The molecule has 3 aromatic rings. The molecule has 4 rings (SSSR count). The molecule has 3 amide bonds. The molecule has 0 unspecified atom stereocenters. The highest BCUT2D eigenvalue weighted by molar-refractivity contribution is 7.10. The molecule has 0 saturated heterocycles. The van der Waals surface area contributed by atoms with Crippen molar-refractivity contribution in [2.75, 3.05) is 10.6 Å². The number of carbonyl (C=O) groups excluding carboxylic acids is 3. The molecule has 1 saturated carbocycles. The maximum atomic E-state index is 14.2. The molecule has 0 aliphatic heterocycles. The maximum Gasteiger partial charge on any atom is 0.273 e. The van der Waals surface area contributed by atoms with Crippen molar-refractivity contribution in [3.8, 4) is 0 Å². The SMILES string of the molecule is NC(=O)c1nsc(C(=O)N(c2cccc(F)c2)[C@@H](C(=O)NC2CCCCC2)c2cccs2)c1N. The van der Waals surface area contributed by atoms with Crippen LogP contribution in [-0.4, -0.2) is 28.1 Å². The molecule has 0 bridgehead atoms. The highest BCUT2D eigenvalue weighted by Crippen LogP contribution is 2.35. The third-order valence-electron chi connectivity index (χ3n) is 5.73. The van der Waals surface area contributed by atoms with Gasteiger partial charge in [0, 0.05) is 16.6 Å². The first-order chi connectivity index (χ1) is 16.4. The molecule has 1 atom stereocenters. The maximum absolute atomic E-state index is 14.2. The lowest BCUT2D eigenvalue weighted by Crippen LogP contribution is -2.47. The molecule has 178 valence electrons. The monoisotopic (exact) mass is 501 g/mol. The van der Waals surface area contributed by atoms with E-state index in [9.17, 15) is 18.8 Å². The van der Waals surface area contributed by atoms with E-state index in [-0.39, 0.29) is 33.9 Å². The molecule has 0 spiro atoms. The second kappa shape index (κ2) is 10.3. The van der Waals surface area contributed by atoms with Crippen molar-refractivity contribution in [3.05, 3.63) is 63.0 Å². The zero-order chi connectivity index (χ0) is 24.2. The van der Waals surface area contributed by atoms with Crippen molar-refractivity contribution in [1.29, 1.82) is 0 Å². The number of nitrogens with one attached hydrogen (secondary N) is 1. The van der Waals surface area contributed by atoms with E-state index in [2.05, 4.69) is 9.69 Å². The summed E-state index contributed by atoms with van der Waals surface area (Å²) in [4.78, 5) is 40.8. The summed E-state index contributed by atoms with van der Waals surface area (Å²) in [5.41, 5.74) is 11.1. The van der Waals surface area contributed by atoms with Crippen LogP contribution >= 0.6 is 22.9 Å². The number of aromatic nitrogens is 1. The highest BCUT2D eigenvalue weighted by atomic mass is 32.1. The summed E-state index contributed by atoms with van der Waals surface area (Å²) in [5, 5.41) is 4.88. The van der Waals surface area contributed by atoms with Gasteiger partial charge in [0.1, 0.15) is 10.7 Å². The minimum atomic E-state index is -1.07. The van der Waals surface area contributed by atoms with Crippen LogP contribution in [0.1, 0.15) is 63.2 Å². The Labute approximate surface area is 203 Å². The van der Waals surface area contributed by atoms with E-state index < -0.39 is 23.7 Å². The Hall–Kier alpha value is -3.31. The second-order valence-electron chi connectivity index (χ2n) is 8.05. The van der Waals surface area contributed by atoms with Crippen molar-refractivity contribution in [3.63, 3.8) is 0 Å². The number of nitrogen functional groups attached to an aromatic ring is 1. The van der Waals surface area contributed by atoms with Gasteiger partial charge in [0.05, 0.1) is 5.69 Å². The molecular weight excluding hydrogens is 477 g/mol. The van der Waals surface area contributed by atoms with Gasteiger partial charge in [-0.2, -0.15) is 4.37 Å². The van der Waals surface area contributed by atoms with Gasteiger partial charge < -0.3 is 16.8 Å². The summed E-state index contributed by atoms with van der Waals surface area (Å²) >= 11 is 2.02. The van der Waals surface area contributed by atoms with Crippen LogP contribution in [-0.2, 0) is 4.79 Å². The number of anilines is 2. The normalized spacial score (nSPS) is 15.0. The smallest absolute Gasteiger partial charge is 0.273 e. The molecular formula is C23H24FN5O3S2. The zero-order valence-electron chi connectivity index (χ0n) is 18.2. The van der Waals surface area contributed by atoms with Crippen molar-refractivity contribution in [2.24, 2.45) is 5.73 Å². The molecule has 1 fully saturated rings. The van der Waals surface area contributed by atoms with E-state index in [1.54, 1.807) is 23.6 Å². The topological polar surface area (TPSA) is 131 Å². The number of amides is 3. The Morgan fingerprint density at radius 2 is 1.91 bits per heavy atom. The van der Waals surface area contributed by atoms with Gasteiger partial charge in [-0.25, -0.2) is 4.39 Å². The number of halogens is 1. The molecule has 1 aromatic carbocycles. The third-order valence-corrected chi connectivity index (χ3v) is 7.51. The van der Waals surface area contributed by atoms with E-state index in [4.69, 9.17) is 11.5 Å². The number of carbonyl (C=O) groups is 3. The number of nitrogens with zero attached hydrogens (tertiary/aromatic N) is 2. The summed E-state index contributed by atoms with van der Waals surface area (Å²) in [6, 6.07) is 7.89. The number of hydrogen-bond acceptors (Lipinski definition) is 7.